The van der Waals surface area contributed by atoms with Crippen molar-refractivity contribution < 1.29 is 4.79 Å². The van der Waals surface area contributed by atoms with E-state index in [4.69, 9.17) is 0 Å². The van der Waals surface area contributed by atoms with Gasteiger partial charge in [0.1, 0.15) is 5.01 Å². The third-order valence-electron chi connectivity index (χ3n) is 3.62. The van der Waals surface area contributed by atoms with Crippen LogP contribution in [0.15, 0.2) is 53.4 Å². The summed E-state index contributed by atoms with van der Waals surface area (Å²) in [5.74, 6) is -0.0717. The zero-order valence-corrected chi connectivity index (χ0v) is 15.9. The number of hydrogen-bond donors (Lipinski definition) is 1. The van der Waals surface area contributed by atoms with Crippen LogP contribution in [-0.2, 0) is 4.79 Å². The summed E-state index contributed by atoms with van der Waals surface area (Å²) >= 11 is 2.91. The van der Waals surface area contributed by atoms with E-state index < -0.39 is 0 Å². The fourth-order valence-electron chi connectivity index (χ4n) is 2.25. The Hall–Kier alpha value is -2.18. The number of carbonyl (C=O) groups is 1. The molecule has 0 aliphatic heterocycles. The summed E-state index contributed by atoms with van der Waals surface area (Å²) in [6, 6.07) is 16.2. The molecule has 1 amide bonds. The zero-order chi connectivity index (χ0) is 17.8. The second kappa shape index (κ2) is 7.80. The van der Waals surface area contributed by atoms with Crippen LogP contribution in [0.5, 0.6) is 0 Å². The van der Waals surface area contributed by atoms with Crippen LogP contribution in [0.4, 0.5) is 5.13 Å². The van der Waals surface area contributed by atoms with Gasteiger partial charge in [0.05, 0.1) is 5.25 Å². The molecule has 2 aromatic carbocycles. The quantitative estimate of drug-likeness (QED) is 0.647. The Morgan fingerprint density at radius 1 is 1.08 bits per heavy atom. The van der Waals surface area contributed by atoms with Gasteiger partial charge >= 0.3 is 0 Å². The van der Waals surface area contributed by atoms with E-state index in [0.29, 0.717) is 5.13 Å². The standard InChI is InChI=1S/C19H19N3OS2/c1-12-7-9-16(10-8-12)24-14(3)17(23)20-19-22-21-18(25-19)15-6-4-5-13(2)11-15/h4-11,14H,1-3H3,(H,20,22,23). The smallest absolute Gasteiger partial charge is 0.239 e. The maximum absolute atomic E-state index is 12.4. The Bertz CT molecular complexity index is 874. The van der Waals surface area contributed by atoms with Gasteiger partial charge in [-0.1, -0.05) is 52.8 Å². The van der Waals surface area contributed by atoms with Crippen molar-refractivity contribution >= 4 is 34.1 Å². The number of nitrogens with zero attached hydrogens (tertiary/aromatic N) is 2. The van der Waals surface area contributed by atoms with Gasteiger partial charge in [-0.3, -0.25) is 10.1 Å². The monoisotopic (exact) mass is 369 g/mol. The lowest BCUT2D eigenvalue weighted by Gasteiger charge is -2.10. The van der Waals surface area contributed by atoms with E-state index in [1.54, 1.807) is 0 Å². The maximum atomic E-state index is 12.4. The van der Waals surface area contributed by atoms with Crippen LogP contribution in [0.3, 0.4) is 0 Å². The number of carbonyl (C=O) groups excluding carboxylic acids is 1. The van der Waals surface area contributed by atoms with Crippen molar-refractivity contribution in [2.45, 2.75) is 30.9 Å². The number of anilines is 1. The van der Waals surface area contributed by atoms with E-state index in [1.165, 1.54) is 34.2 Å². The highest BCUT2D eigenvalue weighted by Gasteiger charge is 2.17. The fraction of sp³-hybridized carbons (Fsp3) is 0.211. The SMILES string of the molecule is Cc1ccc(SC(C)C(=O)Nc2nnc(-c3cccc(C)c3)s2)cc1. The normalized spacial score (nSPS) is 12.0. The molecule has 0 bridgehead atoms. The molecule has 25 heavy (non-hydrogen) atoms. The fourth-order valence-corrected chi connectivity index (χ4v) is 3.86. The van der Waals surface area contributed by atoms with Crippen LogP contribution >= 0.6 is 23.1 Å². The minimum Gasteiger partial charge on any atom is -0.300 e. The predicted molar refractivity (Wildman–Crippen MR) is 105 cm³/mol. The number of aromatic nitrogens is 2. The Balaban J connectivity index is 1.64. The van der Waals surface area contributed by atoms with Gasteiger partial charge in [0.2, 0.25) is 11.0 Å². The third-order valence-corrected chi connectivity index (χ3v) is 5.62. The van der Waals surface area contributed by atoms with Crippen LogP contribution in [0.25, 0.3) is 10.6 Å². The van der Waals surface area contributed by atoms with Gasteiger partial charge in [0, 0.05) is 10.5 Å². The van der Waals surface area contributed by atoms with Crippen molar-refractivity contribution in [1.29, 1.82) is 0 Å². The summed E-state index contributed by atoms with van der Waals surface area (Å²) in [6.45, 7) is 5.98. The molecular formula is C19H19N3OS2. The lowest BCUT2D eigenvalue weighted by Crippen LogP contribution is -2.22. The molecule has 0 aliphatic carbocycles. The molecule has 1 heterocycles. The number of aryl methyl sites for hydroxylation is 2. The van der Waals surface area contributed by atoms with Crippen molar-refractivity contribution in [3.05, 3.63) is 59.7 Å². The molecule has 0 aliphatic rings. The van der Waals surface area contributed by atoms with Gasteiger partial charge in [0.25, 0.3) is 0 Å². The first-order valence-electron chi connectivity index (χ1n) is 7.96. The summed E-state index contributed by atoms with van der Waals surface area (Å²) in [6.07, 6.45) is 0. The van der Waals surface area contributed by atoms with Crippen LogP contribution in [0.2, 0.25) is 0 Å². The summed E-state index contributed by atoms with van der Waals surface area (Å²) in [4.78, 5) is 13.5. The molecule has 0 fully saturated rings. The van der Waals surface area contributed by atoms with Gasteiger partial charge in [-0.15, -0.1) is 22.0 Å². The highest BCUT2D eigenvalue weighted by molar-refractivity contribution is 8.00. The van der Waals surface area contributed by atoms with Gasteiger partial charge in [-0.2, -0.15) is 0 Å². The van der Waals surface area contributed by atoms with Crippen molar-refractivity contribution in [2.24, 2.45) is 0 Å². The molecule has 3 aromatic rings. The molecule has 0 saturated heterocycles. The van der Waals surface area contributed by atoms with Crippen LogP contribution in [0.1, 0.15) is 18.1 Å². The maximum Gasteiger partial charge on any atom is 0.239 e. The van der Waals surface area contributed by atoms with E-state index in [1.807, 2.05) is 63.2 Å². The average molecular weight is 370 g/mol. The molecule has 3 rings (SSSR count). The zero-order valence-electron chi connectivity index (χ0n) is 14.3. The molecule has 0 spiro atoms. The lowest BCUT2D eigenvalue weighted by atomic mass is 10.1. The second-order valence-electron chi connectivity index (χ2n) is 5.84. The summed E-state index contributed by atoms with van der Waals surface area (Å²) in [5, 5.41) is 12.2. The average Bonchev–Trinajstić information content (AvgIpc) is 3.05. The minimum absolute atomic E-state index is 0.0717. The Morgan fingerprint density at radius 2 is 1.84 bits per heavy atom. The highest BCUT2D eigenvalue weighted by atomic mass is 32.2. The molecule has 0 radical (unpaired) electrons. The topological polar surface area (TPSA) is 54.9 Å². The molecule has 1 atom stereocenters. The largest absolute Gasteiger partial charge is 0.300 e. The first-order valence-corrected chi connectivity index (χ1v) is 9.65. The number of nitrogens with one attached hydrogen (secondary N) is 1. The Morgan fingerprint density at radius 3 is 2.56 bits per heavy atom. The summed E-state index contributed by atoms with van der Waals surface area (Å²) in [5.41, 5.74) is 3.39. The van der Waals surface area contributed by atoms with Crippen LogP contribution in [0, 0.1) is 13.8 Å². The number of amides is 1. The molecule has 0 saturated carbocycles. The van der Waals surface area contributed by atoms with E-state index in [-0.39, 0.29) is 11.2 Å². The van der Waals surface area contributed by atoms with Crippen molar-refractivity contribution in [3.63, 3.8) is 0 Å². The predicted octanol–water partition coefficient (Wildman–Crippen LogP) is 4.94. The van der Waals surface area contributed by atoms with Gasteiger partial charge < -0.3 is 0 Å². The van der Waals surface area contributed by atoms with E-state index >= 15 is 0 Å². The highest BCUT2D eigenvalue weighted by Crippen LogP contribution is 2.28. The first-order chi connectivity index (χ1) is 12.0. The third kappa shape index (κ3) is 4.67. The Labute approximate surface area is 155 Å². The number of rotatable bonds is 5. The van der Waals surface area contributed by atoms with Crippen LogP contribution < -0.4 is 5.32 Å². The van der Waals surface area contributed by atoms with Crippen molar-refractivity contribution in [2.75, 3.05) is 5.32 Å². The molecule has 128 valence electrons. The van der Waals surface area contributed by atoms with Gasteiger partial charge in [-0.25, -0.2) is 0 Å². The molecule has 6 heteroatoms. The number of hydrogen-bond acceptors (Lipinski definition) is 5. The first kappa shape index (κ1) is 17.6. The van der Waals surface area contributed by atoms with Gasteiger partial charge in [-0.05, 0) is 39.0 Å². The number of benzene rings is 2. The summed E-state index contributed by atoms with van der Waals surface area (Å²) < 4.78 is 0. The second-order valence-corrected chi connectivity index (χ2v) is 8.24. The van der Waals surface area contributed by atoms with Crippen molar-refractivity contribution in [3.8, 4) is 10.6 Å². The van der Waals surface area contributed by atoms with E-state index in [9.17, 15) is 4.79 Å². The van der Waals surface area contributed by atoms with E-state index in [0.717, 1.165) is 15.5 Å². The van der Waals surface area contributed by atoms with Crippen molar-refractivity contribution in [1.82, 2.24) is 10.2 Å². The minimum atomic E-state index is -0.214. The van der Waals surface area contributed by atoms with E-state index in [2.05, 4.69) is 21.6 Å². The number of thioether (sulfide) groups is 1. The summed E-state index contributed by atoms with van der Waals surface area (Å²) in [7, 11) is 0. The molecule has 1 aromatic heterocycles. The lowest BCUT2D eigenvalue weighted by molar-refractivity contribution is -0.115. The molecule has 4 nitrogen and oxygen atoms in total. The molecular weight excluding hydrogens is 350 g/mol. The van der Waals surface area contributed by atoms with Crippen LogP contribution in [-0.4, -0.2) is 21.4 Å². The molecule has 1 N–H and O–H groups in total. The molecule has 1 unspecified atom stereocenters. The Kier molecular flexibility index (Phi) is 5.50. The van der Waals surface area contributed by atoms with Gasteiger partial charge in [0.15, 0.2) is 0 Å².